The minimum absolute atomic E-state index is 0.0970. The van der Waals surface area contributed by atoms with Crippen LogP contribution in [0.4, 0.5) is 0 Å². The van der Waals surface area contributed by atoms with Gasteiger partial charge in [-0.2, -0.15) is 0 Å². The molecule has 1 atom stereocenters. The van der Waals surface area contributed by atoms with E-state index in [0.29, 0.717) is 12.8 Å². The third-order valence-corrected chi connectivity index (χ3v) is 4.53. The third kappa shape index (κ3) is 11.2. The van der Waals surface area contributed by atoms with Crippen molar-refractivity contribution >= 4 is 22.0 Å². The van der Waals surface area contributed by atoms with Gasteiger partial charge in [0.05, 0.1) is 19.3 Å². The second-order valence-electron chi connectivity index (χ2n) is 4.92. The summed E-state index contributed by atoms with van der Waals surface area (Å²) in [5, 5.41) is 8.68. The molecule has 8 heteroatoms. The molecule has 0 rings (SSSR count). The Bertz CT molecular complexity index is 420. The molecule has 7 nitrogen and oxygen atoms in total. The van der Waals surface area contributed by atoms with Gasteiger partial charge >= 0.3 is 11.9 Å². The Labute approximate surface area is 126 Å². The van der Waals surface area contributed by atoms with E-state index in [9.17, 15) is 18.0 Å². The number of carbonyl (C=O) groups is 2. The minimum Gasteiger partial charge on any atom is -0.481 e. The summed E-state index contributed by atoms with van der Waals surface area (Å²) in [5.41, 5.74) is 0. The van der Waals surface area contributed by atoms with Gasteiger partial charge in [0.15, 0.2) is 0 Å². The number of hydrogen-bond donors (Lipinski definition) is 2. The van der Waals surface area contributed by atoms with Crippen LogP contribution in [0, 0.1) is 5.92 Å². The summed E-state index contributed by atoms with van der Waals surface area (Å²) >= 11 is 0. The summed E-state index contributed by atoms with van der Waals surface area (Å²) < 4.78 is 30.1. The fourth-order valence-corrected chi connectivity index (χ4v) is 2.99. The molecule has 0 aliphatic carbocycles. The van der Waals surface area contributed by atoms with Gasteiger partial charge < -0.3 is 9.84 Å². The normalized spacial score (nSPS) is 12.9. The Hall–Kier alpha value is -1.15. The molecule has 0 heterocycles. The smallest absolute Gasteiger partial charge is 0.306 e. The van der Waals surface area contributed by atoms with Crippen molar-refractivity contribution in [3.8, 4) is 0 Å². The molecular weight excluding hydrogens is 298 g/mol. The maximum atomic E-state index is 11.6. The van der Waals surface area contributed by atoms with Gasteiger partial charge in [0.25, 0.3) is 0 Å². The summed E-state index contributed by atoms with van der Waals surface area (Å²) in [6.45, 7) is 2.27. The monoisotopic (exact) mass is 323 g/mol. The number of hydrogen-bond acceptors (Lipinski definition) is 5. The quantitative estimate of drug-likeness (QED) is 0.521. The Balaban J connectivity index is 4.10. The van der Waals surface area contributed by atoms with E-state index in [1.165, 1.54) is 7.11 Å². The Morgan fingerprint density at radius 1 is 1.19 bits per heavy atom. The second kappa shape index (κ2) is 10.6. The SMILES string of the molecule is CCCC(CCNS(=O)(=O)CCC(=O)OC)CCC(=O)O. The maximum Gasteiger partial charge on any atom is 0.306 e. The fourth-order valence-electron chi connectivity index (χ4n) is 1.98. The van der Waals surface area contributed by atoms with Gasteiger partial charge in [0.2, 0.25) is 10.0 Å². The first-order valence-corrected chi connectivity index (χ1v) is 8.72. The molecule has 0 bridgehead atoms. The van der Waals surface area contributed by atoms with Gasteiger partial charge in [-0.05, 0) is 18.8 Å². The van der Waals surface area contributed by atoms with Gasteiger partial charge in [-0.25, -0.2) is 13.1 Å². The lowest BCUT2D eigenvalue weighted by Gasteiger charge is -2.15. The van der Waals surface area contributed by atoms with Crippen molar-refractivity contribution < 1.29 is 27.9 Å². The van der Waals surface area contributed by atoms with Gasteiger partial charge in [0, 0.05) is 13.0 Å². The summed E-state index contributed by atoms with van der Waals surface area (Å²) in [4.78, 5) is 21.5. The van der Waals surface area contributed by atoms with Gasteiger partial charge in [-0.3, -0.25) is 9.59 Å². The molecule has 0 spiro atoms. The Kier molecular flexibility index (Phi) is 9.98. The number of carboxylic acids is 1. The van der Waals surface area contributed by atoms with Crippen LogP contribution in [0.2, 0.25) is 0 Å². The molecular formula is C13H25NO6S. The lowest BCUT2D eigenvalue weighted by Crippen LogP contribution is -2.29. The van der Waals surface area contributed by atoms with Crippen LogP contribution in [0.3, 0.4) is 0 Å². The number of nitrogens with one attached hydrogen (secondary N) is 1. The topological polar surface area (TPSA) is 110 Å². The van der Waals surface area contributed by atoms with E-state index >= 15 is 0 Å². The highest BCUT2D eigenvalue weighted by molar-refractivity contribution is 7.89. The average Bonchev–Trinajstić information content (AvgIpc) is 2.42. The second-order valence-corrected chi connectivity index (χ2v) is 6.84. The maximum absolute atomic E-state index is 11.6. The van der Waals surface area contributed by atoms with Crippen molar-refractivity contribution in [2.24, 2.45) is 5.92 Å². The molecule has 124 valence electrons. The van der Waals surface area contributed by atoms with Crippen molar-refractivity contribution in [1.82, 2.24) is 4.72 Å². The van der Waals surface area contributed by atoms with Crippen LogP contribution < -0.4 is 4.72 Å². The van der Waals surface area contributed by atoms with Crippen molar-refractivity contribution in [2.75, 3.05) is 19.4 Å². The van der Waals surface area contributed by atoms with Crippen molar-refractivity contribution in [1.29, 1.82) is 0 Å². The first kappa shape index (κ1) is 19.9. The molecule has 0 aromatic heterocycles. The van der Waals surface area contributed by atoms with Gasteiger partial charge in [0.1, 0.15) is 0 Å². The Morgan fingerprint density at radius 2 is 1.86 bits per heavy atom. The molecule has 1 unspecified atom stereocenters. The predicted molar refractivity (Wildman–Crippen MR) is 78.3 cm³/mol. The number of carbonyl (C=O) groups excluding carboxylic acids is 1. The molecule has 0 fully saturated rings. The standard InChI is InChI=1S/C13H25NO6S/c1-3-4-11(5-6-12(15)16)7-9-14-21(18,19)10-8-13(17)20-2/h11,14H,3-10H2,1-2H3,(H,15,16). The molecule has 0 aromatic rings. The van der Waals surface area contributed by atoms with E-state index in [4.69, 9.17) is 5.11 Å². The lowest BCUT2D eigenvalue weighted by molar-refractivity contribution is -0.140. The van der Waals surface area contributed by atoms with Crippen LogP contribution in [-0.2, 0) is 24.3 Å². The molecule has 21 heavy (non-hydrogen) atoms. The number of carboxylic acid groups (broad SMARTS) is 1. The lowest BCUT2D eigenvalue weighted by atomic mass is 9.95. The van der Waals surface area contributed by atoms with E-state index in [0.717, 1.165) is 12.8 Å². The van der Waals surface area contributed by atoms with E-state index in [1.807, 2.05) is 6.92 Å². The number of ether oxygens (including phenoxy) is 1. The van der Waals surface area contributed by atoms with Crippen LogP contribution in [0.15, 0.2) is 0 Å². The van der Waals surface area contributed by atoms with Gasteiger partial charge in [-0.15, -0.1) is 0 Å². The van der Waals surface area contributed by atoms with Crippen LogP contribution in [0.25, 0.3) is 0 Å². The summed E-state index contributed by atoms with van der Waals surface area (Å²) in [6, 6.07) is 0. The zero-order valence-corrected chi connectivity index (χ0v) is 13.4. The third-order valence-electron chi connectivity index (χ3n) is 3.14. The molecule has 0 saturated heterocycles. The highest BCUT2D eigenvalue weighted by atomic mass is 32.2. The van der Waals surface area contributed by atoms with Crippen LogP contribution in [0.1, 0.15) is 45.4 Å². The van der Waals surface area contributed by atoms with E-state index in [-0.39, 0.29) is 31.1 Å². The number of aliphatic carboxylic acids is 1. The zero-order chi connectivity index (χ0) is 16.3. The molecule has 0 aliphatic heterocycles. The number of methoxy groups -OCH3 is 1. The number of esters is 1. The highest BCUT2D eigenvalue weighted by Gasteiger charge is 2.15. The minimum atomic E-state index is -3.50. The van der Waals surface area contributed by atoms with Crippen molar-refractivity contribution in [3.05, 3.63) is 0 Å². The molecule has 0 aromatic carbocycles. The van der Waals surface area contributed by atoms with Crippen LogP contribution in [-0.4, -0.2) is 44.9 Å². The first-order valence-electron chi connectivity index (χ1n) is 7.06. The van der Waals surface area contributed by atoms with E-state index in [1.54, 1.807) is 0 Å². The van der Waals surface area contributed by atoms with Crippen molar-refractivity contribution in [3.63, 3.8) is 0 Å². The molecule has 0 saturated carbocycles. The van der Waals surface area contributed by atoms with Crippen LogP contribution in [0.5, 0.6) is 0 Å². The largest absolute Gasteiger partial charge is 0.481 e. The van der Waals surface area contributed by atoms with Crippen LogP contribution >= 0.6 is 0 Å². The highest BCUT2D eigenvalue weighted by Crippen LogP contribution is 2.17. The average molecular weight is 323 g/mol. The molecule has 0 amide bonds. The number of rotatable bonds is 12. The summed E-state index contributed by atoms with van der Waals surface area (Å²) in [7, 11) is -2.29. The van der Waals surface area contributed by atoms with E-state index < -0.39 is 22.0 Å². The molecule has 0 aliphatic rings. The molecule has 2 N–H and O–H groups in total. The number of sulfonamides is 1. The van der Waals surface area contributed by atoms with E-state index in [2.05, 4.69) is 9.46 Å². The molecule has 0 radical (unpaired) electrons. The Morgan fingerprint density at radius 3 is 2.38 bits per heavy atom. The predicted octanol–water partition coefficient (Wildman–Crippen LogP) is 1.14. The fraction of sp³-hybridized carbons (Fsp3) is 0.846. The summed E-state index contributed by atoms with van der Waals surface area (Å²) in [5.74, 6) is -1.51. The summed E-state index contributed by atoms with van der Waals surface area (Å²) in [6.07, 6.45) is 2.87. The first-order chi connectivity index (χ1) is 9.80. The zero-order valence-electron chi connectivity index (χ0n) is 12.6. The van der Waals surface area contributed by atoms with Crippen molar-refractivity contribution in [2.45, 2.75) is 45.4 Å². The van der Waals surface area contributed by atoms with Gasteiger partial charge in [-0.1, -0.05) is 19.8 Å².